The lowest BCUT2D eigenvalue weighted by Crippen LogP contribution is -2.41. The van der Waals surface area contributed by atoms with Gasteiger partial charge in [-0.25, -0.2) is 4.98 Å². The molecule has 2 aromatic rings. The monoisotopic (exact) mass is 485 g/mol. The molecule has 6 nitrogen and oxygen atoms in total. The lowest BCUT2D eigenvalue weighted by molar-refractivity contribution is 0.293. The van der Waals surface area contributed by atoms with E-state index in [-0.39, 0.29) is 24.0 Å². The fourth-order valence-electron chi connectivity index (χ4n) is 2.69. The SMILES string of the molecule is CCCN(CC)CCNC(=NC)NCc1coc(-c2ccc(C)cc2)n1.I. The summed E-state index contributed by atoms with van der Waals surface area (Å²) < 4.78 is 5.59. The minimum atomic E-state index is 0. The molecule has 0 saturated carbocycles. The third kappa shape index (κ3) is 7.88. The largest absolute Gasteiger partial charge is 0.444 e. The molecule has 0 radical (unpaired) electrons. The van der Waals surface area contributed by atoms with Gasteiger partial charge in [-0.15, -0.1) is 24.0 Å². The van der Waals surface area contributed by atoms with Crippen molar-refractivity contribution in [1.82, 2.24) is 20.5 Å². The molecule has 2 rings (SSSR count). The van der Waals surface area contributed by atoms with Crippen molar-refractivity contribution >= 4 is 29.9 Å². The number of nitrogens with one attached hydrogen (secondary N) is 2. The molecule has 0 aliphatic heterocycles. The van der Waals surface area contributed by atoms with E-state index in [2.05, 4.69) is 58.4 Å². The highest BCUT2D eigenvalue weighted by molar-refractivity contribution is 14.0. The van der Waals surface area contributed by atoms with Gasteiger partial charge in [-0.05, 0) is 38.6 Å². The van der Waals surface area contributed by atoms with Gasteiger partial charge in [0.25, 0.3) is 0 Å². The molecule has 0 amide bonds. The molecule has 0 unspecified atom stereocenters. The average Bonchev–Trinajstić information content (AvgIpc) is 3.13. The molecule has 0 bridgehead atoms. The van der Waals surface area contributed by atoms with Crippen molar-refractivity contribution in [3.05, 3.63) is 41.8 Å². The first kappa shape index (κ1) is 23.4. The van der Waals surface area contributed by atoms with Crippen molar-refractivity contribution in [3.8, 4) is 11.5 Å². The summed E-state index contributed by atoms with van der Waals surface area (Å²) >= 11 is 0. The van der Waals surface area contributed by atoms with Gasteiger partial charge in [0.15, 0.2) is 5.96 Å². The third-order valence-corrected chi connectivity index (χ3v) is 4.22. The maximum atomic E-state index is 5.59. The van der Waals surface area contributed by atoms with Crippen LogP contribution in [0.1, 0.15) is 31.5 Å². The highest BCUT2D eigenvalue weighted by Crippen LogP contribution is 2.18. The van der Waals surface area contributed by atoms with Gasteiger partial charge >= 0.3 is 0 Å². The van der Waals surface area contributed by atoms with E-state index in [1.807, 2.05) is 12.1 Å². The Morgan fingerprint density at radius 1 is 1.15 bits per heavy atom. The molecule has 0 aliphatic rings. The summed E-state index contributed by atoms with van der Waals surface area (Å²) in [6, 6.07) is 8.16. The van der Waals surface area contributed by atoms with E-state index >= 15 is 0 Å². The molecule has 0 atom stereocenters. The van der Waals surface area contributed by atoms with Crippen molar-refractivity contribution < 1.29 is 4.42 Å². The number of likely N-dealkylation sites (N-methyl/N-ethyl adjacent to an activating group) is 1. The normalized spacial score (nSPS) is 11.4. The Balaban J connectivity index is 0.00000364. The summed E-state index contributed by atoms with van der Waals surface area (Å²) in [4.78, 5) is 11.2. The first-order valence-electron chi connectivity index (χ1n) is 9.34. The minimum absolute atomic E-state index is 0. The standard InChI is InChI=1S/C20H31N5O.HI/c1-5-12-25(6-2)13-11-22-20(21-4)23-14-18-15-26-19(24-18)17-9-7-16(3)8-10-17;/h7-10,15H,5-6,11-14H2,1-4H3,(H2,21,22,23);1H. The van der Waals surface area contributed by atoms with Crippen LogP contribution in [0.3, 0.4) is 0 Å². The quantitative estimate of drug-likeness (QED) is 0.323. The van der Waals surface area contributed by atoms with E-state index in [0.29, 0.717) is 12.4 Å². The summed E-state index contributed by atoms with van der Waals surface area (Å²) in [5.74, 6) is 1.42. The Labute approximate surface area is 179 Å². The number of benzene rings is 1. The van der Waals surface area contributed by atoms with Crippen molar-refractivity contribution in [3.63, 3.8) is 0 Å². The molecule has 7 heteroatoms. The number of halogens is 1. The van der Waals surface area contributed by atoms with E-state index in [4.69, 9.17) is 4.42 Å². The van der Waals surface area contributed by atoms with E-state index in [0.717, 1.165) is 43.4 Å². The smallest absolute Gasteiger partial charge is 0.226 e. The fraction of sp³-hybridized carbons (Fsp3) is 0.500. The van der Waals surface area contributed by atoms with E-state index in [1.165, 1.54) is 12.0 Å². The number of nitrogens with zero attached hydrogens (tertiary/aromatic N) is 3. The number of aryl methyl sites for hydroxylation is 1. The number of hydrogen-bond donors (Lipinski definition) is 2. The maximum absolute atomic E-state index is 5.59. The van der Waals surface area contributed by atoms with Crippen molar-refractivity contribution in [2.45, 2.75) is 33.7 Å². The van der Waals surface area contributed by atoms with Crippen LogP contribution in [0.25, 0.3) is 11.5 Å². The third-order valence-electron chi connectivity index (χ3n) is 4.22. The molecule has 0 aliphatic carbocycles. The summed E-state index contributed by atoms with van der Waals surface area (Å²) in [5.41, 5.74) is 3.06. The second-order valence-corrected chi connectivity index (χ2v) is 6.30. The van der Waals surface area contributed by atoms with Crippen LogP contribution in [0.4, 0.5) is 0 Å². The second-order valence-electron chi connectivity index (χ2n) is 6.30. The Kier molecular flexibility index (Phi) is 11.0. The van der Waals surface area contributed by atoms with Crippen LogP contribution in [0.2, 0.25) is 0 Å². The van der Waals surface area contributed by atoms with E-state index in [9.17, 15) is 0 Å². The van der Waals surface area contributed by atoms with Crippen molar-refractivity contribution in [2.24, 2.45) is 4.99 Å². The molecule has 0 fully saturated rings. The summed E-state index contributed by atoms with van der Waals surface area (Å²) in [5, 5.41) is 6.63. The first-order chi connectivity index (χ1) is 12.7. The molecule has 150 valence electrons. The summed E-state index contributed by atoms with van der Waals surface area (Å²) in [6.45, 7) is 11.1. The number of guanidine groups is 1. The Morgan fingerprint density at radius 2 is 1.89 bits per heavy atom. The van der Waals surface area contributed by atoms with Gasteiger partial charge in [0.05, 0.1) is 12.2 Å². The maximum Gasteiger partial charge on any atom is 0.226 e. The van der Waals surface area contributed by atoms with Gasteiger partial charge in [0.2, 0.25) is 5.89 Å². The van der Waals surface area contributed by atoms with Gasteiger partial charge < -0.3 is 20.0 Å². The van der Waals surface area contributed by atoms with Crippen molar-refractivity contribution in [1.29, 1.82) is 0 Å². The molecular weight excluding hydrogens is 453 g/mol. The highest BCUT2D eigenvalue weighted by atomic mass is 127. The highest BCUT2D eigenvalue weighted by Gasteiger charge is 2.07. The minimum Gasteiger partial charge on any atom is -0.444 e. The van der Waals surface area contributed by atoms with Crippen LogP contribution in [0, 0.1) is 6.92 Å². The molecule has 0 spiro atoms. The van der Waals surface area contributed by atoms with Crippen LogP contribution in [0.15, 0.2) is 39.9 Å². The van der Waals surface area contributed by atoms with Crippen LogP contribution in [-0.4, -0.2) is 49.1 Å². The number of oxazole rings is 1. The van der Waals surface area contributed by atoms with Crippen LogP contribution < -0.4 is 10.6 Å². The van der Waals surface area contributed by atoms with Crippen LogP contribution in [0.5, 0.6) is 0 Å². The molecule has 2 N–H and O–H groups in total. The zero-order chi connectivity index (χ0) is 18.8. The Morgan fingerprint density at radius 3 is 2.52 bits per heavy atom. The first-order valence-corrected chi connectivity index (χ1v) is 9.34. The van der Waals surface area contributed by atoms with Crippen molar-refractivity contribution in [2.75, 3.05) is 33.2 Å². The number of aliphatic imine (C=N–C) groups is 1. The van der Waals surface area contributed by atoms with Gasteiger partial charge in [0.1, 0.15) is 6.26 Å². The summed E-state index contributed by atoms with van der Waals surface area (Å²) in [7, 11) is 1.78. The average molecular weight is 485 g/mol. The fourth-order valence-corrected chi connectivity index (χ4v) is 2.69. The zero-order valence-electron chi connectivity index (χ0n) is 16.8. The zero-order valence-corrected chi connectivity index (χ0v) is 19.1. The molecule has 1 aromatic heterocycles. The number of rotatable bonds is 9. The topological polar surface area (TPSA) is 65.7 Å². The Hall–Kier alpha value is -1.61. The second kappa shape index (κ2) is 12.7. The summed E-state index contributed by atoms with van der Waals surface area (Å²) in [6.07, 6.45) is 2.87. The van der Waals surface area contributed by atoms with Gasteiger partial charge in [-0.2, -0.15) is 0 Å². The van der Waals surface area contributed by atoms with E-state index in [1.54, 1.807) is 13.3 Å². The van der Waals surface area contributed by atoms with Gasteiger partial charge in [0, 0.05) is 25.7 Å². The predicted molar refractivity (Wildman–Crippen MR) is 123 cm³/mol. The molecule has 1 heterocycles. The van der Waals surface area contributed by atoms with Crippen LogP contribution >= 0.6 is 24.0 Å². The lowest BCUT2D eigenvalue weighted by atomic mass is 10.1. The molecular formula is C20H32IN5O. The van der Waals surface area contributed by atoms with Crippen LogP contribution in [-0.2, 0) is 6.54 Å². The predicted octanol–water partition coefficient (Wildman–Crippen LogP) is 3.66. The van der Waals surface area contributed by atoms with Gasteiger partial charge in [-0.3, -0.25) is 4.99 Å². The Bertz CT molecular complexity index is 684. The van der Waals surface area contributed by atoms with Gasteiger partial charge in [-0.1, -0.05) is 31.5 Å². The molecule has 0 saturated heterocycles. The van der Waals surface area contributed by atoms with E-state index < -0.39 is 0 Å². The number of hydrogen-bond acceptors (Lipinski definition) is 4. The molecule has 27 heavy (non-hydrogen) atoms. The molecule has 1 aromatic carbocycles. The lowest BCUT2D eigenvalue weighted by Gasteiger charge is -2.20. The number of aromatic nitrogens is 1.